The summed E-state index contributed by atoms with van der Waals surface area (Å²) in [7, 11) is 0. The molecule has 3 N–H and O–H groups in total. The molecule has 0 fully saturated rings. The van der Waals surface area contributed by atoms with Crippen LogP contribution in [0.1, 0.15) is 17.4 Å². The fourth-order valence-electron chi connectivity index (χ4n) is 1.61. The number of rotatable bonds is 5. The van der Waals surface area contributed by atoms with Gasteiger partial charge in [0.1, 0.15) is 10.7 Å². The van der Waals surface area contributed by atoms with E-state index in [1.165, 1.54) is 11.3 Å². The maximum Gasteiger partial charge on any atom is 0.270 e. The zero-order valence-electron chi connectivity index (χ0n) is 12.2. The third-order valence-electron chi connectivity index (χ3n) is 2.91. The number of carbonyl (C=O) groups excluding carboxylic acids is 1. The molecule has 2 rings (SSSR count). The predicted octanol–water partition coefficient (Wildman–Crippen LogP) is 4.29. The summed E-state index contributed by atoms with van der Waals surface area (Å²) in [6, 6.07) is 5.19. The lowest BCUT2D eigenvalue weighted by Crippen LogP contribution is -2.31. The molecule has 23 heavy (non-hydrogen) atoms. The van der Waals surface area contributed by atoms with Crippen LogP contribution in [0.15, 0.2) is 23.6 Å². The number of carbonyl (C=O) groups is 1. The first-order chi connectivity index (χ1) is 10.0. The summed E-state index contributed by atoms with van der Waals surface area (Å²) in [6.45, 7) is 3.03. The Morgan fingerprint density at radius 3 is 2.70 bits per heavy atom. The van der Waals surface area contributed by atoms with Gasteiger partial charge in [-0.2, -0.15) is 0 Å². The highest BCUT2D eigenvalue weighted by Gasteiger charge is 2.14. The molecule has 1 atom stereocenters. The van der Waals surface area contributed by atoms with Crippen molar-refractivity contribution in [2.24, 2.45) is 11.7 Å². The first-order valence-electron chi connectivity index (χ1n) is 6.40. The zero-order valence-corrected chi connectivity index (χ0v) is 16.2. The second kappa shape index (κ2) is 10.3. The topological polar surface area (TPSA) is 68.0 Å². The predicted molar refractivity (Wildman–Crippen MR) is 103 cm³/mol. The summed E-state index contributed by atoms with van der Waals surface area (Å²) in [4.78, 5) is 16.3. The minimum Gasteiger partial charge on any atom is -0.350 e. The largest absolute Gasteiger partial charge is 0.350 e. The number of hydrogen-bond acceptors (Lipinski definition) is 4. The van der Waals surface area contributed by atoms with Crippen molar-refractivity contribution in [1.82, 2.24) is 10.3 Å². The Balaban J connectivity index is 0.00000242. The maximum atomic E-state index is 12.0. The number of nitrogens with two attached hydrogens (primary N) is 1. The summed E-state index contributed by atoms with van der Waals surface area (Å²) in [6.07, 6.45) is 0. The molecule has 1 aromatic heterocycles. The fourth-order valence-corrected chi connectivity index (χ4v) is 3.00. The molecule has 0 aliphatic rings. The van der Waals surface area contributed by atoms with Crippen LogP contribution in [0.3, 0.4) is 0 Å². The first kappa shape index (κ1) is 22.4. The van der Waals surface area contributed by atoms with E-state index in [2.05, 4.69) is 10.3 Å². The lowest BCUT2D eigenvalue weighted by Gasteiger charge is -2.08. The van der Waals surface area contributed by atoms with Gasteiger partial charge in [0.15, 0.2) is 0 Å². The molecular weight excluding hydrogens is 400 g/mol. The van der Waals surface area contributed by atoms with E-state index in [-0.39, 0.29) is 36.6 Å². The average molecular weight is 417 g/mol. The van der Waals surface area contributed by atoms with Crippen molar-refractivity contribution in [3.63, 3.8) is 0 Å². The van der Waals surface area contributed by atoms with Crippen molar-refractivity contribution < 1.29 is 4.79 Å². The van der Waals surface area contributed by atoms with Gasteiger partial charge in [-0.05, 0) is 30.7 Å². The maximum absolute atomic E-state index is 12.0. The molecule has 0 radical (unpaired) electrons. The Morgan fingerprint density at radius 1 is 1.39 bits per heavy atom. The molecule has 1 heterocycles. The Morgan fingerprint density at radius 2 is 2.09 bits per heavy atom. The standard InChI is InChI=1S/C14H15Cl2N3OS.2ClH/c1-8(5-17)6-18-13(20)12-7-21-14(19-12)10-3-2-9(15)4-11(10)16;;/h2-4,7-8H,5-6,17H2,1H3,(H,18,20);2*1H. The third kappa shape index (κ3) is 6.10. The molecule has 0 bridgehead atoms. The normalized spacial score (nSPS) is 11.1. The van der Waals surface area contributed by atoms with E-state index < -0.39 is 0 Å². The van der Waals surface area contributed by atoms with Crippen LogP contribution in [0.5, 0.6) is 0 Å². The second-order valence-corrected chi connectivity index (χ2v) is 6.41. The van der Waals surface area contributed by atoms with Gasteiger partial charge in [0.05, 0.1) is 5.02 Å². The molecule has 1 unspecified atom stereocenters. The number of halogens is 4. The van der Waals surface area contributed by atoms with Crippen molar-refractivity contribution in [3.8, 4) is 10.6 Å². The van der Waals surface area contributed by atoms with Gasteiger partial charge in [-0.1, -0.05) is 30.1 Å². The fraction of sp³-hybridized carbons (Fsp3) is 0.286. The van der Waals surface area contributed by atoms with E-state index in [9.17, 15) is 4.79 Å². The van der Waals surface area contributed by atoms with Crippen molar-refractivity contribution in [3.05, 3.63) is 39.3 Å². The number of hydrogen-bond donors (Lipinski definition) is 2. The summed E-state index contributed by atoms with van der Waals surface area (Å²) in [5.41, 5.74) is 6.66. The van der Waals surface area contributed by atoms with E-state index in [1.807, 2.05) is 6.92 Å². The Bertz CT molecular complexity index is 651. The van der Waals surface area contributed by atoms with Crippen LogP contribution in [0.25, 0.3) is 10.6 Å². The van der Waals surface area contributed by atoms with Crippen molar-refractivity contribution in [1.29, 1.82) is 0 Å². The number of aromatic nitrogens is 1. The van der Waals surface area contributed by atoms with Crippen LogP contribution < -0.4 is 11.1 Å². The van der Waals surface area contributed by atoms with Crippen LogP contribution in [0.2, 0.25) is 10.0 Å². The van der Waals surface area contributed by atoms with E-state index in [0.29, 0.717) is 33.8 Å². The summed E-state index contributed by atoms with van der Waals surface area (Å²) in [5, 5.41) is 6.29. The molecule has 128 valence electrons. The van der Waals surface area contributed by atoms with E-state index in [0.717, 1.165) is 5.56 Å². The highest BCUT2D eigenvalue weighted by Crippen LogP contribution is 2.32. The lowest BCUT2D eigenvalue weighted by atomic mass is 10.2. The van der Waals surface area contributed by atoms with E-state index in [4.69, 9.17) is 28.9 Å². The van der Waals surface area contributed by atoms with Crippen LogP contribution in [0.4, 0.5) is 0 Å². The number of thiazole rings is 1. The third-order valence-corrected chi connectivity index (χ3v) is 4.34. The number of amides is 1. The zero-order chi connectivity index (χ0) is 15.4. The van der Waals surface area contributed by atoms with Crippen LogP contribution in [-0.2, 0) is 0 Å². The number of nitrogens with zero attached hydrogens (tertiary/aromatic N) is 1. The summed E-state index contributed by atoms with van der Waals surface area (Å²) < 4.78 is 0. The monoisotopic (exact) mass is 415 g/mol. The minimum absolute atomic E-state index is 0. The molecule has 2 aromatic rings. The minimum atomic E-state index is -0.206. The second-order valence-electron chi connectivity index (χ2n) is 4.71. The highest BCUT2D eigenvalue weighted by molar-refractivity contribution is 7.13. The number of benzene rings is 1. The molecule has 0 saturated carbocycles. The lowest BCUT2D eigenvalue weighted by molar-refractivity contribution is 0.0944. The van der Waals surface area contributed by atoms with Crippen LogP contribution in [0, 0.1) is 5.92 Å². The Labute approximate surface area is 161 Å². The molecular formula is C14H17Cl4N3OS. The van der Waals surface area contributed by atoms with Crippen molar-refractivity contribution in [2.45, 2.75) is 6.92 Å². The average Bonchev–Trinajstić information content (AvgIpc) is 2.93. The molecule has 9 heteroatoms. The van der Waals surface area contributed by atoms with Gasteiger partial charge in [-0.15, -0.1) is 36.2 Å². The van der Waals surface area contributed by atoms with Gasteiger partial charge in [0, 0.05) is 22.5 Å². The van der Waals surface area contributed by atoms with E-state index >= 15 is 0 Å². The molecule has 0 aliphatic carbocycles. The van der Waals surface area contributed by atoms with Gasteiger partial charge in [0.2, 0.25) is 0 Å². The quantitative estimate of drug-likeness (QED) is 0.763. The van der Waals surface area contributed by atoms with Gasteiger partial charge >= 0.3 is 0 Å². The molecule has 0 aliphatic heterocycles. The Kier molecular flexibility index (Phi) is 10.1. The van der Waals surface area contributed by atoms with E-state index in [1.54, 1.807) is 23.6 Å². The van der Waals surface area contributed by atoms with Gasteiger partial charge in [-0.3, -0.25) is 4.79 Å². The smallest absolute Gasteiger partial charge is 0.270 e. The van der Waals surface area contributed by atoms with Crippen molar-refractivity contribution in [2.75, 3.05) is 13.1 Å². The molecule has 0 saturated heterocycles. The van der Waals surface area contributed by atoms with Crippen LogP contribution in [-0.4, -0.2) is 24.0 Å². The highest BCUT2D eigenvalue weighted by atomic mass is 35.5. The van der Waals surface area contributed by atoms with Gasteiger partial charge in [-0.25, -0.2) is 4.98 Å². The van der Waals surface area contributed by atoms with Crippen LogP contribution >= 0.6 is 59.4 Å². The van der Waals surface area contributed by atoms with Gasteiger partial charge < -0.3 is 11.1 Å². The van der Waals surface area contributed by atoms with Gasteiger partial charge in [0.25, 0.3) is 5.91 Å². The Hall–Kier alpha value is -0.560. The van der Waals surface area contributed by atoms with Crippen molar-refractivity contribution >= 4 is 65.3 Å². The summed E-state index contributed by atoms with van der Waals surface area (Å²) >= 11 is 13.4. The summed E-state index contributed by atoms with van der Waals surface area (Å²) in [5.74, 6) is 0.0284. The molecule has 0 spiro atoms. The SMILES string of the molecule is CC(CN)CNC(=O)c1csc(-c2ccc(Cl)cc2Cl)n1.Cl.Cl. The molecule has 1 aromatic carbocycles. The molecule has 1 amide bonds. The first-order valence-corrected chi connectivity index (χ1v) is 8.04. The number of nitrogens with one attached hydrogen (secondary N) is 1. The molecule has 4 nitrogen and oxygen atoms in total.